The van der Waals surface area contributed by atoms with Crippen LogP contribution in [-0.2, 0) is 23.8 Å². The topological polar surface area (TPSA) is 82.1 Å². The quantitative estimate of drug-likeness (QED) is 0.535. The Kier molecular flexibility index (Phi) is 3.11. The molecule has 0 saturated carbocycles. The number of hydrogen-bond acceptors (Lipinski definition) is 6. The molecular formula is C7H9F3O6S. The number of halogens is 3. The molecule has 4 atom stereocenters. The van der Waals surface area contributed by atoms with Crippen molar-refractivity contribution in [1.29, 1.82) is 0 Å². The Morgan fingerprint density at radius 1 is 1.18 bits per heavy atom. The molecule has 1 N–H and O–H groups in total. The fourth-order valence-electron chi connectivity index (χ4n) is 1.74. The van der Waals surface area contributed by atoms with Crippen molar-refractivity contribution in [1.82, 2.24) is 0 Å². The normalized spacial score (nSPS) is 38.4. The van der Waals surface area contributed by atoms with Gasteiger partial charge in [-0.2, -0.15) is 21.6 Å². The van der Waals surface area contributed by atoms with E-state index in [9.17, 15) is 26.7 Å². The minimum atomic E-state index is -5.68. The van der Waals surface area contributed by atoms with Crippen LogP contribution in [0.1, 0.15) is 0 Å². The summed E-state index contributed by atoms with van der Waals surface area (Å²) in [4.78, 5) is 0. The van der Waals surface area contributed by atoms with Crippen LogP contribution >= 0.6 is 0 Å². The van der Waals surface area contributed by atoms with Crippen LogP contribution in [0.2, 0.25) is 0 Å². The largest absolute Gasteiger partial charge is 0.523 e. The highest BCUT2D eigenvalue weighted by Crippen LogP contribution is 2.33. The van der Waals surface area contributed by atoms with Gasteiger partial charge in [-0.3, -0.25) is 4.18 Å². The molecule has 2 aliphatic heterocycles. The van der Waals surface area contributed by atoms with E-state index in [4.69, 9.17) is 9.47 Å². The van der Waals surface area contributed by atoms with Crippen molar-refractivity contribution in [3.63, 3.8) is 0 Å². The van der Waals surface area contributed by atoms with Gasteiger partial charge in [0.05, 0.1) is 13.2 Å². The minimum Gasteiger partial charge on any atom is -0.388 e. The van der Waals surface area contributed by atoms with Gasteiger partial charge in [0.1, 0.15) is 24.4 Å². The van der Waals surface area contributed by atoms with Crippen molar-refractivity contribution < 1.29 is 40.4 Å². The number of aliphatic hydroxyl groups is 1. The first-order chi connectivity index (χ1) is 7.72. The van der Waals surface area contributed by atoms with Gasteiger partial charge in [-0.25, -0.2) is 0 Å². The van der Waals surface area contributed by atoms with Crippen LogP contribution in [0.15, 0.2) is 0 Å². The lowest BCUT2D eigenvalue weighted by Crippen LogP contribution is -2.37. The summed E-state index contributed by atoms with van der Waals surface area (Å²) >= 11 is 0. The van der Waals surface area contributed by atoms with Crippen LogP contribution < -0.4 is 0 Å². The molecular weight excluding hydrogens is 269 g/mol. The van der Waals surface area contributed by atoms with Crippen molar-refractivity contribution in [2.24, 2.45) is 0 Å². The van der Waals surface area contributed by atoms with Gasteiger partial charge in [-0.1, -0.05) is 0 Å². The van der Waals surface area contributed by atoms with Crippen molar-refractivity contribution in [2.45, 2.75) is 29.9 Å². The molecule has 0 radical (unpaired) electrons. The maximum absolute atomic E-state index is 12.1. The summed E-state index contributed by atoms with van der Waals surface area (Å²) < 4.78 is 71.6. The van der Waals surface area contributed by atoms with Crippen LogP contribution in [0.5, 0.6) is 0 Å². The van der Waals surface area contributed by atoms with E-state index in [0.717, 1.165) is 0 Å². The molecule has 100 valence electrons. The molecule has 0 amide bonds. The number of alkyl halides is 3. The fraction of sp³-hybridized carbons (Fsp3) is 1.00. The Morgan fingerprint density at radius 2 is 1.76 bits per heavy atom. The molecule has 0 spiro atoms. The van der Waals surface area contributed by atoms with E-state index in [1.54, 1.807) is 0 Å². The van der Waals surface area contributed by atoms with Gasteiger partial charge in [0.15, 0.2) is 0 Å². The molecule has 0 aromatic heterocycles. The van der Waals surface area contributed by atoms with Gasteiger partial charge in [-0.05, 0) is 0 Å². The molecule has 0 bridgehead atoms. The first kappa shape index (κ1) is 13.0. The highest BCUT2D eigenvalue weighted by molar-refractivity contribution is 7.87. The molecule has 1 unspecified atom stereocenters. The lowest BCUT2D eigenvalue weighted by molar-refractivity contribution is -0.0629. The van der Waals surface area contributed by atoms with E-state index in [1.807, 2.05) is 0 Å². The smallest absolute Gasteiger partial charge is 0.388 e. The average molecular weight is 278 g/mol. The van der Waals surface area contributed by atoms with Crippen LogP contribution in [0.3, 0.4) is 0 Å². The monoisotopic (exact) mass is 278 g/mol. The van der Waals surface area contributed by atoms with Crippen molar-refractivity contribution in [3.05, 3.63) is 0 Å². The fourth-order valence-corrected chi connectivity index (χ4v) is 2.34. The molecule has 6 nitrogen and oxygen atoms in total. The van der Waals surface area contributed by atoms with Gasteiger partial charge in [-0.15, -0.1) is 0 Å². The van der Waals surface area contributed by atoms with Gasteiger partial charge >= 0.3 is 15.6 Å². The van der Waals surface area contributed by atoms with Gasteiger partial charge in [0.2, 0.25) is 0 Å². The van der Waals surface area contributed by atoms with Crippen LogP contribution in [0.4, 0.5) is 13.2 Å². The Bertz CT molecular complexity index is 393. The van der Waals surface area contributed by atoms with E-state index in [-0.39, 0.29) is 13.2 Å². The van der Waals surface area contributed by atoms with Gasteiger partial charge in [0, 0.05) is 0 Å². The van der Waals surface area contributed by atoms with Crippen LogP contribution in [-0.4, -0.2) is 56.7 Å². The first-order valence-electron chi connectivity index (χ1n) is 4.63. The third kappa shape index (κ3) is 2.27. The average Bonchev–Trinajstić information content (AvgIpc) is 2.70. The zero-order chi connectivity index (χ0) is 12.8. The highest BCUT2D eigenvalue weighted by atomic mass is 32.2. The number of hydrogen-bond donors (Lipinski definition) is 1. The molecule has 2 rings (SSSR count). The molecule has 17 heavy (non-hydrogen) atoms. The molecule has 2 saturated heterocycles. The third-order valence-corrected chi connectivity index (χ3v) is 3.58. The van der Waals surface area contributed by atoms with E-state index >= 15 is 0 Å². The summed E-state index contributed by atoms with van der Waals surface area (Å²) in [5.74, 6) is 0. The van der Waals surface area contributed by atoms with E-state index in [2.05, 4.69) is 4.18 Å². The Morgan fingerprint density at radius 3 is 2.35 bits per heavy atom. The van der Waals surface area contributed by atoms with Crippen LogP contribution in [0.25, 0.3) is 0 Å². The summed E-state index contributed by atoms with van der Waals surface area (Å²) in [6.45, 7) is -0.497. The van der Waals surface area contributed by atoms with Crippen molar-refractivity contribution >= 4 is 10.1 Å². The predicted octanol–water partition coefficient (Wildman–Crippen LogP) is -0.620. The Labute approximate surface area is 94.4 Å². The minimum absolute atomic E-state index is 0.124. The number of fused-ring (bicyclic) bond motifs is 1. The van der Waals surface area contributed by atoms with E-state index in [0.29, 0.717) is 0 Å². The van der Waals surface area contributed by atoms with Gasteiger partial charge in [0.25, 0.3) is 0 Å². The second-order valence-electron chi connectivity index (χ2n) is 3.70. The Balaban J connectivity index is 2.07. The van der Waals surface area contributed by atoms with Crippen LogP contribution in [0, 0.1) is 0 Å². The standard InChI is InChI=1S/C7H9F3O6S/c8-7(9,10)17(12,13)16-4-2-15-5-3(11)1-14-6(4)5/h3-6,11H,1-2H2/t3-,4-,5+,6?/m0/s1. The predicted molar refractivity (Wildman–Crippen MR) is 45.3 cm³/mol. The lowest BCUT2D eigenvalue weighted by atomic mass is 10.1. The number of ether oxygens (including phenoxy) is 2. The second-order valence-corrected chi connectivity index (χ2v) is 5.26. The second kappa shape index (κ2) is 4.05. The van der Waals surface area contributed by atoms with Crippen molar-refractivity contribution in [3.8, 4) is 0 Å². The maximum Gasteiger partial charge on any atom is 0.523 e. The molecule has 10 heteroatoms. The summed E-state index contributed by atoms with van der Waals surface area (Å²) in [7, 11) is -5.68. The maximum atomic E-state index is 12.1. The summed E-state index contributed by atoms with van der Waals surface area (Å²) in [6.07, 6.45) is -4.21. The molecule has 0 aliphatic carbocycles. The Hall–Kier alpha value is -0.420. The van der Waals surface area contributed by atoms with E-state index in [1.165, 1.54) is 0 Å². The summed E-state index contributed by atoms with van der Waals surface area (Å²) in [5.41, 5.74) is -5.48. The highest BCUT2D eigenvalue weighted by Gasteiger charge is 2.54. The summed E-state index contributed by atoms with van der Waals surface area (Å²) in [6, 6.07) is 0. The SMILES string of the molecule is O=S(=O)(O[C@H]1CO[C@H]2C1OC[C@@H]2O)C(F)(F)F. The van der Waals surface area contributed by atoms with Crippen molar-refractivity contribution in [2.75, 3.05) is 13.2 Å². The molecule has 0 aromatic carbocycles. The number of rotatable bonds is 2. The third-order valence-electron chi connectivity index (χ3n) is 2.52. The molecule has 2 aliphatic rings. The van der Waals surface area contributed by atoms with Gasteiger partial charge < -0.3 is 14.6 Å². The molecule has 0 aromatic rings. The molecule has 2 heterocycles. The zero-order valence-electron chi connectivity index (χ0n) is 8.25. The number of aliphatic hydroxyl groups excluding tert-OH is 1. The zero-order valence-corrected chi connectivity index (χ0v) is 9.07. The lowest BCUT2D eigenvalue weighted by Gasteiger charge is -2.17. The molecule has 2 fully saturated rings. The summed E-state index contributed by atoms with van der Waals surface area (Å²) in [5, 5.41) is 9.30. The first-order valence-corrected chi connectivity index (χ1v) is 6.04. The van der Waals surface area contributed by atoms with E-state index < -0.39 is 40.0 Å².